The summed E-state index contributed by atoms with van der Waals surface area (Å²) in [5.74, 6) is 0.985. The Bertz CT molecular complexity index is 491. The molecule has 0 saturated heterocycles. The van der Waals surface area contributed by atoms with E-state index >= 15 is 0 Å². The fourth-order valence-corrected chi connectivity index (χ4v) is 3.75. The molecule has 2 aromatic rings. The summed E-state index contributed by atoms with van der Waals surface area (Å²) in [4.78, 5) is 1.44. The van der Waals surface area contributed by atoms with Crippen LogP contribution < -0.4 is 5.32 Å². The van der Waals surface area contributed by atoms with Crippen molar-refractivity contribution < 1.29 is 4.42 Å². The van der Waals surface area contributed by atoms with Gasteiger partial charge < -0.3 is 9.73 Å². The molecule has 2 nitrogen and oxygen atoms in total. The number of hydrogen-bond donors (Lipinski definition) is 1. The molecule has 0 radical (unpaired) electrons. The van der Waals surface area contributed by atoms with Crippen molar-refractivity contribution in [3.8, 4) is 0 Å². The molecule has 1 aliphatic carbocycles. The molecule has 17 heavy (non-hydrogen) atoms. The molecule has 0 fully saturated rings. The number of thiophene rings is 1. The van der Waals surface area contributed by atoms with Crippen LogP contribution in [-0.2, 0) is 13.0 Å². The van der Waals surface area contributed by atoms with Crippen molar-refractivity contribution in [3.05, 3.63) is 45.0 Å². The van der Waals surface area contributed by atoms with Crippen molar-refractivity contribution in [1.29, 1.82) is 0 Å². The Morgan fingerprint density at radius 3 is 3.29 bits per heavy atom. The quantitative estimate of drug-likeness (QED) is 0.903. The third kappa shape index (κ3) is 2.41. The molecule has 4 heteroatoms. The highest BCUT2D eigenvalue weighted by atomic mass is 35.5. The zero-order valence-corrected chi connectivity index (χ0v) is 11.0. The van der Waals surface area contributed by atoms with Gasteiger partial charge in [-0.15, -0.1) is 11.3 Å². The Kier molecular flexibility index (Phi) is 3.23. The van der Waals surface area contributed by atoms with E-state index in [1.54, 1.807) is 17.6 Å². The molecule has 1 atom stereocenters. The highest BCUT2D eigenvalue weighted by Gasteiger charge is 2.22. The molecule has 0 spiro atoms. The van der Waals surface area contributed by atoms with Crippen LogP contribution in [-0.4, -0.2) is 0 Å². The number of halogens is 1. The Labute approximate surface area is 110 Å². The van der Waals surface area contributed by atoms with Crippen LogP contribution in [0.2, 0.25) is 4.34 Å². The van der Waals surface area contributed by atoms with Crippen LogP contribution in [0.15, 0.2) is 28.9 Å². The SMILES string of the molecule is Clc1cc2c(s1)CCCC2NCc1ccco1. The number of furan rings is 1. The molecule has 3 rings (SSSR count). The summed E-state index contributed by atoms with van der Waals surface area (Å²) in [7, 11) is 0. The van der Waals surface area contributed by atoms with Gasteiger partial charge in [0.25, 0.3) is 0 Å². The Morgan fingerprint density at radius 1 is 1.53 bits per heavy atom. The molecule has 1 aliphatic rings. The predicted octanol–water partition coefficient (Wildman–Crippen LogP) is 4.16. The third-order valence-electron chi connectivity index (χ3n) is 3.19. The van der Waals surface area contributed by atoms with Gasteiger partial charge in [-0.25, -0.2) is 0 Å². The third-order valence-corrected chi connectivity index (χ3v) is 4.53. The number of hydrogen-bond acceptors (Lipinski definition) is 3. The van der Waals surface area contributed by atoms with Gasteiger partial charge in [0, 0.05) is 10.9 Å². The van der Waals surface area contributed by atoms with Gasteiger partial charge in [0.2, 0.25) is 0 Å². The number of fused-ring (bicyclic) bond motifs is 1. The molecule has 1 unspecified atom stereocenters. The van der Waals surface area contributed by atoms with Crippen molar-refractivity contribution in [3.63, 3.8) is 0 Å². The van der Waals surface area contributed by atoms with Gasteiger partial charge in [-0.2, -0.15) is 0 Å². The van der Waals surface area contributed by atoms with E-state index in [1.165, 1.54) is 29.7 Å². The molecule has 0 bridgehead atoms. The van der Waals surface area contributed by atoms with Crippen molar-refractivity contribution >= 4 is 22.9 Å². The van der Waals surface area contributed by atoms with E-state index in [0.717, 1.165) is 16.6 Å². The average Bonchev–Trinajstić information content (AvgIpc) is 2.93. The first-order valence-electron chi connectivity index (χ1n) is 5.87. The standard InChI is InChI=1S/C13H14ClNOS/c14-13-7-10-11(4-1-5-12(10)17-13)15-8-9-3-2-6-16-9/h2-3,6-7,11,15H,1,4-5,8H2. The van der Waals surface area contributed by atoms with Crippen LogP contribution >= 0.6 is 22.9 Å². The van der Waals surface area contributed by atoms with E-state index in [0.29, 0.717) is 6.04 Å². The Hall–Kier alpha value is -0.770. The zero-order valence-electron chi connectivity index (χ0n) is 9.41. The lowest BCUT2D eigenvalue weighted by Gasteiger charge is -2.23. The highest BCUT2D eigenvalue weighted by molar-refractivity contribution is 7.16. The van der Waals surface area contributed by atoms with Gasteiger partial charge in [-0.05, 0) is 43.0 Å². The maximum atomic E-state index is 6.09. The second-order valence-electron chi connectivity index (χ2n) is 4.33. The van der Waals surface area contributed by atoms with Crippen LogP contribution in [0.1, 0.15) is 35.1 Å². The Balaban J connectivity index is 1.72. The number of nitrogens with one attached hydrogen (secondary N) is 1. The minimum absolute atomic E-state index is 0.424. The van der Waals surface area contributed by atoms with Crippen molar-refractivity contribution in [1.82, 2.24) is 5.32 Å². The summed E-state index contributed by atoms with van der Waals surface area (Å²) in [5.41, 5.74) is 1.39. The van der Waals surface area contributed by atoms with E-state index in [4.69, 9.17) is 16.0 Å². The van der Waals surface area contributed by atoms with Crippen LogP contribution in [0.4, 0.5) is 0 Å². The molecule has 1 N–H and O–H groups in total. The summed E-state index contributed by atoms with van der Waals surface area (Å²) in [6, 6.07) is 6.45. The molecule has 0 aliphatic heterocycles. The van der Waals surface area contributed by atoms with E-state index in [-0.39, 0.29) is 0 Å². The van der Waals surface area contributed by atoms with Crippen LogP contribution in [0.5, 0.6) is 0 Å². The van der Waals surface area contributed by atoms with E-state index in [9.17, 15) is 0 Å². The maximum absolute atomic E-state index is 6.09. The lowest BCUT2D eigenvalue weighted by molar-refractivity contribution is 0.419. The first kappa shape index (κ1) is 11.3. The van der Waals surface area contributed by atoms with Crippen LogP contribution in [0.3, 0.4) is 0 Å². The van der Waals surface area contributed by atoms with Gasteiger partial charge in [0.15, 0.2) is 0 Å². The second kappa shape index (κ2) is 4.84. The fraction of sp³-hybridized carbons (Fsp3) is 0.385. The molecule has 0 aromatic carbocycles. The topological polar surface area (TPSA) is 25.2 Å². The smallest absolute Gasteiger partial charge is 0.117 e. The van der Waals surface area contributed by atoms with Crippen LogP contribution in [0.25, 0.3) is 0 Å². The van der Waals surface area contributed by atoms with E-state index < -0.39 is 0 Å². The highest BCUT2D eigenvalue weighted by Crippen LogP contribution is 2.37. The number of aryl methyl sites for hydroxylation is 1. The normalized spacial score (nSPS) is 19.2. The lowest BCUT2D eigenvalue weighted by atomic mass is 9.94. The largest absolute Gasteiger partial charge is 0.468 e. The van der Waals surface area contributed by atoms with Crippen molar-refractivity contribution in [2.45, 2.75) is 31.8 Å². The summed E-state index contributed by atoms with van der Waals surface area (Å²) >= 11 is 7.81. The van der Waals surface area contributed by atoms with Gasteiger partial charge >= 0.3 is 0 Å². The summed E-state index contributed by atoms with van der Waals surface area (Å²) < 4.78 is 6.24. The van der Waals surface area contributed by atoms with Gasteiger partial charge in [-0.3, -0.25) is 0 Å². The predicted molar refractivity (Wildman–Crippen MR) is 70.6 cm³/mol. The maximum Gasteiger partial charge on any atom is 0.117 e. The zero-order chi connectivity index (χ0) is 11.7. The number of rotatable bonds is 3. The molecule has 0 amide bonds. The molecule has 2 aromatic heterocycles. The monoisotopic (exact) mass is 267 g/mol. The lowest BCUT2D eigenvalue weighted by Crippen LogP contribution is -2.23. The molecule has 90 valence electrons. The molecular weight excluding hydrogens is 254 g/mol. The van der Waals surface area contributed by atoms with Crippen molar-refractivity contribution in [2.24, 2.45) is 0 Å². The van der Waals surface area contributed by atoms with Gasteiger partial charge in [0.05, 0.1) is 17.1 Å². The van der Waals surface area contributed by atoms with Gasteiger partial charge in [-0.1, -0.05) is 11.6 Å². The van der Waals surface area contributed by atoms with Gasteiger partial charge in [0.1, 0.15) is 5.76 Å². The first-order valence-corrected chi connectivity index (χ1v) is 7.06. The minimum atomic E-state index is 0.424. The van der Waals surface area contributed by atoms with E-state index in [2.05, 4.69) is 11.4 Å². The van der Waals surface area contributed by atoms with Crippen molar-refractivity contribution in [2.75, 3.05) is 0 Å². The van der Waals surface area contributed by atoms with Crippen LogP contribution in [0, 0.1) is 0 Å². The molecule has 2 heterocycles. The summed E-state index contributed by atoms with van der Waals surface area (Å²) in [6.07, 6.45) is 5.30. The fourth-order valence-electron chi connectivity index (χ4n) is 2.37. The minimum Gasteiger partial charge on any atom is -0.468 e. The van der Waals surface area contributed by atoms with E-state index in [1.807, 2.05) is 12.1 Å². The summed E-state index contributed by atoms with van der Waals surface area (Å²) in [6.45, 7) is 0.782. The summed E-state index contributed by atoms with van der Waals surface area (Å²) in [5, 5.41) is 3.55. The molecule has 0 saturated carbocycles. The molecular formula is C13H14ClNOS. The first-order chi connectivity index (χ1) is 8.33. The second-order valence-corrected chi connectivity index (χ2v) is 6.10. The Morgan fingerprint density at radius 2 is 2.47 bits per heavy atom. The average molecular weight is 268 g/mol.